The van der Waals surface area contributed by atoms with E-state index in [1.165, 1.54) is 19.0 Å². The maximum atomic E-state index is 12.4. The average Bonchev–Trinajstić information content (AvgIpc) is 2.74. The van der Waals surface area contributed by atoms with Crippen LogP contribution in [0.25, 0.3) is 0 Å². The van der Waals surface area contributed by atoms with Crippen molar-refractivity contribution in [3.05, 3.63) is 66.0 Å². The third-order valence-electron chi connectivity index (χ3n) is 4.15. The lowest BCUT2D eigenvalue weighted by Gasteiger charge is -2.14. The number of amides is 1. The quantitative estimate of drug-likeness (QED) is 0.467. The van der Waals surface area contributed by atoms with Gasteiger partial charge in [0.25, 0.3) is 5.91 Å². The van der Waals surface area contributed by atoms with Gasteiger partial charge in [0.1, 0.15) is 17.8 Å². The van der Waals surface area contributed by atoms with Gasteiger partial charge in [0.2, 0.25) is 0 Å². The van der Waals surface area contributed by atoms with Crippen LogP contribution in [0.15, 0.2) is 54.9 Å². The minimum Gasteiger partial charge on any atom is -0.496 e. The summed E-state index contributed by atoms with van der Waals surface area (Å²) in [6, 6.07) is 14.9. The Balaban J connectivity index is 1.71. The summed E-state index contributed by atoms with van der Waals surface area (Å²) in [5.41, 5.74) is 14.2. The Kier molecular flexibility index (Phi) is 5.91. The van der Waals surface area contributed by atoms with Crippen LogP contribution in [0.3, 0.4) is 0 Å². The van der Waals surface area contributed by atoms with Crippen molar-refractivity contribution in [1.82, 2.24) is 15.4 Å². The molecule has 3 rings (SSSR count). The van der Waals surface area contributed by atoms with Crippen molar-refractivity contribution in [3.63, 3.8) is 0 Å². The lowest BCUT2D eigenvalue weighted by atomic mass is 10.1. The summed E-state index contributed by atoms with van der Waals surface area (Å²) in [5.74, 6) is 0.815. The molecule has 0 saturated heterocycles. The van der Waals surface area contributed by atoms with Crippen molar-refractivity contribution in [1.29, 1.82) is 0 Å². The molecule has 0 aliphatic heterocycles. The van der Waals surface area contributed by atoms with Gasteiger partial charge in [0.05, 0.1) is 12.7 Å². The summed E-state index contributed by atoms with van der Waals surface area (Å²) in [5, 5.41) is 3.15. The smallest absolute Gasteiger partial charge is 0.273 e. The first-order chi connectivity index (χ1) is 13.6. The number of nitrogens with one attached hydrogen (secondary N) is 3. The molecule has 0 atom stereocenters. The maximum Gasteiger partial charge on any atom is 0.273 e. The summed E-state index contributed by atoms with van der Waals surface area (Å²) < 4.78 is 5.20. The van der Waals surface area contributed by atoms with Crippen molar-refractivity contribution in [3.8, 4) is 5.75 Å². The zero-order valence-electron chi connectivity index (χ0n) is 15.7. The van der Waals surface area contributed by atoms with Crippen LogP contribution >= 0.6 is 0 Å². The SMILES string of the molecule is CCc1ccc(Nc2ncnc(NNC(=O)c3ccccc3OC)c2N)cc1. The Hall–Kier alpha value is -3.81. The van der Waals surface area contributed by atoms with Gasteiger partial charge >= 0.3 is 0 Å². The number of nitrogen functional groups attached to an aromatic ring is 1. The topological polar surface area (TPSA) is 114 Å². The standard InChI is InChI=1S/C20H22N6O2/c1-3-13-8-10-14(11-9-13)24-18-17(21)19(23-12-22-18)25-26-20(27)15-6-4-5-7-16(15)28-2/h4-12H,3,21H2,1-2H3,(H,26,27)(H2,22,23,24,25). The number of hydrogen-bond donors (Lipinski definition) is 4. The maximum absolute atomic E-state index is 12.4. The molecule has 0 radical (unpaired) electrons. The summed E-state index contributed by atoms with van der Waals surface area (Å²) in [6.07, 6.45) is 2.33. The van der Waals surface area contributed by atoms with Gasteiger partial charge in [0.15, 0.2) is 11.6 Å². The first kappa shape index (κ1) is 19.0. The molecule has 1 heterocycles. The highest BCUT2D eigenvalue weighted by atomic mass is 16.5. The monoisotopic (exact) mass is 378 g/mol. The number of hydrogen-bond acceptors (Lipinski definition) is 7. The predicted molar refractivity (Wildman–Crippen MR) is 110 cm³/mol. The number of ether oxygens (including phenoxy) is 1. The number of aryl methyl sites for hydroxylation is 1. The summed E-state index contributed by atoms with van der Waals surface area (Å²) in [6.45, 7) is 2.10. The Bertz CT molecular complexity index is 959. The van der Waals surface area contributed by atoms with E-state index in [0.717, 1.165) is 12.1 Å². The Labute approximate surface area is 163 Å². The van der Waals surface area contributed by atoms with E-state index in [4.69, 9.17) is 10.5 Å². The molecule has 0 unspecified atom stereocenters. The highest BCUT2D eigenvalue weighted by molar-refractivity contribution is 5.97. The van der Waals surface area contributed by atoms with E-state index in [1.807, 2.05) is 24.3 Å². The van der Waals surface area contributed by atoms with Gasteiger partial charge in [-0.2, -0.15) is 0 Å². The van der Waals surface area contributed by atoms with Gasteiger partial charge in [0, 0.05) is 5.69 Å². The minimum atomic E-state index is -0.375. The van der Waals surface area contributed by atoms with Gasteiger partial charge in [-0.15, -0.1) is 0 Å². The van der Waals surface area contributed by atoms with Crippen LogP contribution < -0.4 is 26.6 Å². The van der Waals surface area contributed by atoms with Crippen molar-refractivity contribution in [2.45, 2.75) is 13.3 Å². The highest BCUT2D eigenvalue weighted by Gasteiger charge is 2.13. The number of hydrazine groups is 1. The molecular weight excluding hydrogens is 356 g/mol. The van der Waals surface area contributed by atoms with Crippen LogP contribution in [-0.2, 0) is 6.42 Å². The molecule has 28 heavy (non-hydrogen) atoms. The van der Waals surface area contributed by atoms with E-state index in [9.17, 15) is 4.79 Å². The molecular formula is C20H22N6O2. The summed E-state index contributed by atoms with van der Waals surface area (Å²) in [4.78, 5) is 20.6. The van der Waals surface area contributed by atoms with E-state index in [0.29, 0.717) is 17.1 Å². The first-order valence-corrected chi connectivity index (χ1v) is 8.78. The predicted octanol–water partition coefficient (Wildman–Crippen LogP) is 3.13. The molecule has 0 aliphatic rings. The lowest BCUT2D eigenvalue weighted by Crippen LogP contribution is -2.30. The van der Waals surface area contributed by atoms with Crippen molar-refractivity contribution >= 4 is 28.9 Å². The molecule has 0 fully saturated rings. The number of rotatable bonds is 7. The molecule has 0 aliphatic carbocycles. The van der Waals surface area contributed by atoms with E-state index in [1.54, 1.807) is 24.3 Å². The fraction of sp³-hybridized carbons (Fsp3) is 0.150. The summed E-state index contributed by atoms with van der Waals surface area (Å²) in [7, 11) is 1.51. The van der Waals surface area contributed by atoms with Crippen LogP contribution in [-0.4, -0.2) is 23.0 Å². The number of benzene rings is 2. The second-order valence-electron chi connectivity index (χ2n) is 5.94. The van der Waals surface area contributed by atoms with E-state index in [-0.39, 0.29) is 17.4 Å². The second-order valence-corrected chi connectivity index (χ2v) is 5.94. The molecule has 8 heteroatoms. The van der Waals surface area contributed by atoms with Crippen LogP contribution in [0.5, 0.6) is 5.75 Å². The van der Waals surface area contributed by atoms with Crippen LogP contribution in [0, 0.1) is 0 Å². The number of para-hydroxylation sites is 1. The summed E-state index contributed by atoms with van der Waals surface area (Å²) >= 11 is 0. The van der Waals surface area contributed by atoms with Gasteiger partial charge in [-0.3, -0.25) is 15.6 Å². The Morgan fingerprint density at radius 2 is 1.79 bits per heavy atom. The Morgan fingerprint density at radius 3 is 2.50 bits per heavy atom. The number of carbonyl (C=O) groups excluding carboxylic acids is 1. The zero-order valence-corrected chi connectivity index (χ0v) is 15.7. The van der Waals surface area contributed by atoms with Crippen LogP contribution in [0.1, 0.15) is 22.8 Å². The molecule has 1 amide bonds. The molecule has 0 spiro atoms. The molecule has 1 aromatic heterocycles. The number of carbonyl (C=O) groups is 1. The van der Waals surface area contributed by atoms with Crippen LogP contribution in [0.4, 0.5) is 23.0 Å². The van der Waals surface area contributed by atoms with E-state index >= 15 is 0 Å². The van der Waals surface area contributed by atoms with Gasteiger partial charge in [-0.25, -0.2) is 9.97 Å². The zero-order chi connectivity index (χ0) is 19.9. The largest absolute Gasteiger partial charge is 0.496 e. The normalized spacial score (nSPS) is 10.2. The molecule has 3 aromatic rings. The second kappa shape index (κ2) is 8.72. The van der Waals surface area contributed by atoms with Gasteiger partial charge < -0.3 is 15.8 Å². The highest BCUT2D eigenvalue weighted by Crippen LogP contribution is 2.25. The fourth-order valence-corrected chi connectivity index (χ4v) is 2.57. The number of anilines is 4. The molecule has 8 nitrogen and oxygen atoms in total. The van der Waals surface area contributed by atoms with Gasteiger partial charge in [-0.05, 0) is 36.2 Å². The lowest BCUT2D eigenvalue weighted by molar-refractivity contribution is 0.0959. The average molecular weight is 378 g/mol. The van der Waals surface area contributed by atoms with Crippen molar-refractivity contribution in [2.75, 3.05) is 23.6 Å². The van der Waals surface area contributed by atoms with E-state index in [2.05, 4.69) is 33.1 Å². The van der Waals surface area contributed by atoms with E-state index < -0.39 is 0 Å². The third kappa shape index (κ3) is 4.29. The molecule has 0 bridgehead atoms. The molecule has 2 aromatic carbocycles. The van der Waals surface area contributed by atoms with Crippen molar-refractivity contribution in [2.24, 2.45) is 0 Å². The van der Waals surface area contributed by atoms with Gasteiger partial charge in [-0.1, -0.05) is 31.2 Å². The number of aromatic nitrogens is 2. The number of methoxy groups -OCH3 is 1. The minimum absolute atomic E-state index is 0.280. The molecule has 0 saturated carbocycles. The third-order valence-corrected chi connectivity index (χ3v) is 4.15. The Morgan fingerprint density at radius 1 is 1.07 bits per heavy atom. The van der Waals surface area contributed by atoms with Crippen LogP contribution in [0.2, 0.25) is 0 Å². The molecule has 5 N–H and O–H groups in total. The first-order valence-electron chi connectivity index (χ1n) is 8.78. The number of nitrogens with two attached hydrogens (primary N) is 1. The molecule has 144 valence electrons. The van der Waals surface area contributed by atoms with Crippen molar-refractivity contribution < 1.29 is 9.53 Å². The fourth-order valence-electron chi connectivity index (χ4n) is 2.57. The number of nitrogens with zero attached hydrogens (tertiary/aromatic N) is 2.